The first-order valence-electron chi connectivity index (χ1n) is 9.38. The van der Waals surface area contributed by atoms with E-state index in [4.69, 9.17) is 5.73 Å². The number of amides is 1. The molecule has 2 fully saturated rings. The van der Waals surface area contributed by atoms with Gasteiger partial charge in [0.05, 0.1) is 29.1 Å². The first kappa shape index (κ1) is 16.9. The molecule has 1 saturated heterocycles. The van der Waals surface area contributed by atoms with Gasteiger partial charge in [0, 0.05) is 36.0 Å². The molecule has 0 bridgehead atoms. The number of hydrogen-bond donors (Lipinski definition) is 2. The summed E-state index contributed by atoms with van der Waals surface area (Å²) in [5.41, 5.74) is 8.06. The zero-order valence-corrected chi connectivity index (χ0v) is 15.7. The molecule has 0 radical (unpaired) electrons. The lowest BCUT2D eigenvalue weighted by Gasteiger charge is -2.32. The van der Waals surface area contributed by atoms with Crippen LogP contribution in [0.5, 0.6) is 0 Å². The van der Waals surface area contributed by atoms with E-state index in [0.29, 0.717) is 11.1 Å². The molecule has 5 rings (SSSR count). The van der Waals surface area contributed by atoms with E-state index in [2.05, 4.69) is 23.8 Å². The van der Waals surface area contributed by atoms with E-state index in [1.54, 1.807) is 6.20 Å². The Kier molecular flexibility index (Phi) is 4.01. The summed E-state index contributed by atoms with van der Waals surface area (Å²) in [7, 11) is -0.847. The molecule has 0 aromatic carbocycles. The van der Waals surface area contributed by atoms with Gasteiger partial charge >= 0.3 is 0 Å². The molecule has 1 aliphatic carbocycles. The Bertz CT molecular complexity index is 1040. The average Bonchev–Trinajstić information content (AvgIpc) is 3.28. The number of nitrogens with one attached hydrogen (secondary N) is 1. The fourth-order valence-electron chi connectivity index (χ4n) is 4.07. The van der Waals surface area contributed by atoms with Crippen LogP contribution in [0.3, 0.4) is 0 Å². The molecule has 3 N–H and O–H groups in total. The maximum absolute atomic E-state index is 12.5. The van der Waals surface area contributed by atoms with Gasteiger partial charge in [-0.25, -0.2) is 18.5 Å². The van der Waals surface area contributed by atoms with Gasteiger partial charge in [-0.15, -0.1) is 0 Å². The van der Waals surface area contributed by atoms with Crippen molar-refractivity contribution in [3.05, 3.63) is 24.3 Å². The van der Waals surface area contributed by atoms with E-state index in [1.165, 1.54) is 0 Å². The van der Waals surface area contributed by atoms with E-state index >= 15 is 0 Å². The number of primary amides is 1. The van der Waals surface area contributed by atoms with Crippen LogP contribution in [0.25, 0.3) is 22.1 Å². The summed E-state index contributed by atoms with van der Waals surface area (Å²) in [5.74, 6) is 0.298. The molecular weight excluding hydrogens is 364 g/mol. The number of imidazole rings is 1. The van der Waals surface area contributed by atoms with Gasteiger partial charge in [0.2, 0.25) is 5.91 Å². The van der Waals surface area contributed by atoms with Crippen molar-refractivity contribution >= 4 is 39.0 Å². The SMILES string of the molecule is NC(=O)Cc1nc2cnc3[nH]ccc3c2n1C1CCN(S(=O)C2CC2)CC1. The van der Waals surface area contributed by atoms with Crippen LogP contribution in [0.4, 0.5) is 0 Å². The Balaban J connectivity index is 1.53. The minimum Gasteiger partial charge on any atom is -0.369 e. The van der Waals surface area contributed by atoms with Crippen LogP contribution < -0.4 is 5.73 Å². The second-order valence-electron chi connectivity index (χ2n) is 7.41. The van der Waals surface area contributed by atoms with Crippen LogP contribution >= 0.6 is 0 Å². The Morgan fingerprint density at radius 3 is 2.78 bits per heavy atom. The molecule has 1 aliphatic heterocycles. The number of carbonyl (C=O) groups is 1. The molecule has 1 unspecified atom stereocenters. The number of fused-ring (bicyclic) bond motifs is 3. The number of aromatic nitrogens is 4. The number of piperidine rings is 1. The molecule has 3 aromatic heterocycles. The van der Waals surface area contributed by atoms with Crippen molar-refractivity contribution in [3.63, 3.8) is 0 Å². The van der Waals surface area contributed by atoms with Gasteiger partial charge < -0.3 is 15.3 Å². The average molecular weight is 386 g/mol. The molecule has 9 heteroatoms. The van der Waals surface area contributed by atoms with Crippen LogP contribution in [0.2, 0.25) is 0 Å². The zero-order valence-electron chi connectivity index (χ0n) is 14.9. The van der Waals surface area contributed by atoms with Gasteiger partial charge in [-0.2, -0.15) is 0 Å². The lowest BCUT2D eigenvalue weighted by molar-refractivity contribution is -0.117. The normalized spacial score (nSPS) is 20.4. The summed E-state index contributed by atoms with van der Waals surface area (Å²) in [4.78, 5) is 23.8. The third kappa shape index (κ3) is 2.94. The molecule has 8 nitrogen and oxygen atoms in total. The molecular formula is C18H22N6O2S. The summed E-state index contributed by atoms with van der Waals surface area (Å²) in [5, 5.41) is 1.37. The van der Waals surface area contributed by atoms with Crippen molar-refractivity contribution < 1.29 is 9.00 Å². The lowest BCUT2D eigenvalue weighted by atomic mass is 10.1. The van der Waals surface area contributed by atoms with E-state index < -0.39 is 16.9 Å². The molecule has 1 amide bonds. The standard InChI is InChI=1S/C18H22N6O2S/c19-15(25)9-16-22-14-10-21-18-13(3-6-20-18)17(14)24(16)11-4-7-23(8-5-11)27(26)12-1-2-12/h3,6,10-12H,1-2,4-5,7-9H2,(H2,19,25)(H,20,21). The number of carbonyl (C=O) groups excluding carboxylic acids is 1. The first-order chi connectivity index (χ1) is 13.1. The number of pyridine rings is 1. The van der Waals surface area contributed by atoms with Crippen LogP contribution in [-0.4, -0.2) is 52.3 Å². The lowest BCUT2D eigenvalue weighted by Crippen LogP contribution is -2.37. The number of nitrogens with two attached hydrogens (primary N) is 1. The van der Waals surface area contributed by atoms with Gasteiger partial charge in [-0.3, -0.25) is 4.79 Å². The van der Waals surface area contributed by atoms with Crippen LogP contribution in [0.1, 0.15) is 37.5 Å². The fraction of sp³-hybridized carbons (Fsp3) is 0.500. The van der Waals surface area contributed by atoms with Gasteiger partial charge in [-0.05, 0) is 31.7 Å². The van der Waals surface area contributed by atoms with E-state index in [-0.39, 0.29) is 12.5 Å². The Labute approximate surface area is 158 Å². The van der Waals surface area contributed by atoms with Crippen molar-refractivity contribution in [1.82, 2.24) is 23.8 Å². The zero-order chi connectivity index (χ0) is 18.5. The number of nitrogens with zero attached hydrogens (tertiary/aromatic N) is 4. The maximum Gasteiger partial charge on any atom is 0.225 e. The Morgan fingerprint density at radius 2 is 2.07 bits per heavy atom. The summed E-state index contributed by atoms with van der Waals surface area (Å²) < 4.78 is 16.7. The van der Waals surface area contributed by atoms with E-state index in [0.717, 1.165) is 60.8 Å². The Morgan fingerprint density at radius 1 is 1.30 bits per heavy atom. The molecule has 2 aliphatic rings. The van der Waals surface area contributed by atoms with Crippen molar-refractivity contribution in [1.29, 1.82) is 0 Å². The van der Waals surface area contributed by atoms with E-state index in [9.17, 15) is 9.00 Å². The van der Waals surface area contributed by atoms with Crippen LogP contribution in [-0.2, 0) is 22.2 Å². The molecule has 4 heterocycles. The van der Waals surface area contributed by atoms with Gasteiger partial charge in [0.15, 0.2) is 0 Å². The fourth-order valence-corrected chi connectivity index (χ4v) is 5.61. The molecule has 1 saturated carbocycles. The molecule has 1 atom stereocenters. The monoisotopic (exact) mass is 386 g/mol. The number of H-pyrrole nitrogens is 1. The third-order valence-electron chi connectivity index (χ3n) is 5.49. The van der Waals surface area contributed by atoms with Crippen LogP contribution in [0.15, 0.2) is 18.5 Å². The summed E-state index contributed by atoms with van der Waals surface area (Å²) in [6.45, 7) is 1.59. The van der Waals surface area contributed by atoms with Crippen molar-refractivity contribution in [2.45, 2.75) is 43.4 Å². The molecule has 3 aromatic rings. The molecule has 0 spiro atoms. The van der Waals surface area contributed by atoms with Gasteiger partial charge in [0.1, 0.15) is 17.0 Å². The largest absolute Gasteiger partial charge is 0.369 e. The molecule has 142 valence electrons. The van der Waals surface area contributed by atoms with Crippen molar-refractivity contribution in [2.75, 3.05) is 13.1 Å². The summed E-state index contributed by atoms with van der Waals surface area (Å²) >= 11 is 0. The predicted molar refractivity (Wildman–Crippen MR) is 103 cm³/mol. The van der Waals surface area contributed by atoms with Gasteiger partial charge in [-0.1, -0.05) is 0 Å². The maximum atomic E-state index is 12.5. The quantitative estimate of drug-likeness (QED) is 0.691. The van der Waals surface area contributed by atoms with Gasteiger partial charge in [0.25, 0.3) is 0 Å². The van der Waals surface area contributed by atoms with Crippen LogP contribution in [0, 0.1) is 0 Å². The number of hydrogen-bond acceptors (Lipinski definition) is 4. The number of rotatable bonds is 5. The molecule has 27 heavy (non-hydrogen) atoms. The smallest absolute Gasteiger partial charge is 0.225 e. The summed E-state index contributed by atoms with van der Waals surface area (Å²) in [6.07, 6.45) is 7.64. The minimum absolute atomic E-state index is 0.106. The highest BCUT2D eigenvalue weighted by molar-refractivity contribution is 7.83. The first-order valence-corrected chi connectivity index (χ1v) is 10.6. The second kappa shape index (κ2) is 6.42. The predicted octanol–water partition coefficient (Wildman–Crippen LogP) is 1.40. The highest BCUT2D eigenvalue weighted by Gasteiger charge is 2.35. The number of aromatic amines is 1. The topological polar surface area (TPSA) is 110 Å². The van der Waals surface area contributed by atoms with E-state index in [1.807, 2.05) is 12.3 Å². The van der Waals surface area contributed by atoms with Crippen molar-refractivity contribution in [3.8, 4) is 0 Å². The third-order valence-corrected chi connectivity index (χ3v) is 7.41. The van der Waals surface area contributed by atoms with Crippen molar-refractivity contribution in [2.24, 2.45) is 5.73 Å². The second-order valence-corrected chi connectivity index (χ2v) is 9.14. The highest BCUT2D eigenvalue weighted by atomic mass is 32.2. The summed E-state index contributed by atoms with van der Waals surface area (Å²) in [6, 6.07) is 2.20. The highest BCUT2D eigenvalue weighted by Crippen LogP contribution is 2.35. The minimum atomic E-state index is -0.847. The Hall–Kier alpha value is -2.26.